The molecule has 3 aromatic rings. The largest absolute Gasteiger partial charge is 0.491 e. The number of para-hydroxylation sites is 1. The number of aromatic nitrogens is 2. The highest BCUT2D eigenvalue weighted by molar-refractivity contribution is 7.08. The number of hydrogen-bond acceptors (Lipinski definition) is 4. The van der Waals surface area contributed by atoms with E-state index in [9.17, 15) is 0 Å². The van der Waals surface area contributed by atoms with Crippen LogP contribution in [0, 0.1) is 0 Å². The summed E-state index contributed by atoms with van der Waals surface area (Å²) >= 11 is 1.64. The number of benzene rings is 1. The maximum atomic E-state index is 6.04. The Kier molecular flexibility index (Phi) is 3.13. The van der Waals surface area contributed by atoms with E-state index in [0.29, 0.717) is 12.6 Å². The average Bonchev–Trinajstić information content (AvgIpc) is 3.02. The molecule has 4 nitrogen and oxygen atoms in total. The highest BCUT2D eigenvalue weighted by atomic mass is 32.1. The van der Waals surface area contributed by atoms with Crippen LogP contribution in [0.1, 0.15) is 13.3 Å². The number of imidazole rings is 1. The fourth-order valence-electron chi connectivity index (χ4n) is 2.08. The molecule has 1 aromatic carbocycles. The maximum Gasteiger partial charge on any atom is 0.206 e. The summed E-state index contributed by atoms with van der Waals surface area (Å²) in [6, 6.07) is 7.94. The highest BCUT2D eigenvalue weighted by Gasteiger charge is 2.13. The van der Waals surface area contributed by atoms with E-state index in [2.05, 4.69) is 17.3 Å². The molecule has 0 aliphatic heterocycles. The quantitative estimate of drug-likeness (QED) is 0.792. The smallest absolute Gasteiger partial charge is 0.206 e. The minimum Gasteiger partial charge on any atom is -0.491 e. The van der Waals surface area contributed by atoms with E-state index in [4.69, 9.17) is 10.5 Å². The van der Waals surface area contributed by atoms with Crippen molar-refractivity contribution in [1.29, 1.82) is 0 Å². The summed E-state index contributed by atoms with van der Waals surface area (Å²) in [6.07, 6.45) is 0.969. The second-order valence-corrected chi connectivity index (χ2v) is 5.04. The molecule has 0 aliphatic rings. The van der Waals surface area contributed by atoms with Crippen molar-refractivity contribution in [3.05, 3.63) is 35.0 Å². The number of nitrogens with zero attached hydrogens (tertiary/aromatic N) is 2. The molecule has 0 aliphatic carbocycles. The summed E-state index contributed by atoms with van der Waals surface area (Å²) in [5.74, 6) is 1.28. The van der Waals surface area contributed by atoms with Crippen molar-refractivity contribution in [1.82, 2.24) is 9.55 Å². The van der Waals surface area contributed by atoms with Crippen molar-refractivity contribution < 1.29 is 4.74 Å². The van der Waals surface area contributed by atoms with E-state index in [1.165, 1.54) is 0 Å². The molecule has 0 radical (unpaired) electrons. The minimum absolute atomic E-state index is 0.487. The predicted molar refractivity (Wildman–Crippen MR) is 79.1 cm³/mol. The van der Waals surface area contributed by atoms with E-state index >= 15 is 0 Å². The Bertz CT molecular complexity index is 688. The molecule has 2 heterocycles. The summed E-state index contributed by atoms with van der Waals surface area (Å²) < 4.78 is 7.67. The van der Waals surface area contributed by atoms with Crippen LogP contribution in [-0.4, -0.2) is 16.2 Å². The lowest BCUT2D eigenvalue weighted by atomic mass is 10.3. The Hall–Kier alpha value is -2.01. The van der Waals surface area contributed by atoms with Crippen molar-refractivity contribution in [2.45, 2.75) is 13.3 Å². The second-order valence-electron chi connectivity index (χ2n) is 4.26. The van der Waals surface area contributed by atoms with Crippen LogP contribution in [0.25, 0.3) is 16.7 Å². The first-order valence-electron chi connectivity index (χ1n) is 6.23. The number of nitrogen functional groups attached to an aromatic ring is 1. The van der Waals surface area contributed by atoms with Gasteiger partial charge in [-0.25, -0.2) is 4.98 Å². The Balaban J connectivity index is 2.17. The molecule has 3 rings (SSSR count). The van der Waals surface area contributed by atoms with Crippen molar-refractivity contribution in [3.8, 4) is 11.4 Å². The maximum absolute atomic E-state index is 6.04. The summed E-state index contributed by atoms with van der Waals surface area (Å²) in [6.45, 7) is 2.77. The van der Waals surface area contributed by atoms with Crippen LogP contribution < -0.4 is 10.5 Å². The Morgan fingerprint density at radius 1 is 1.37 bits per heavy atom. The lowest BCUT2D eigenvalue weighted by Gasteiger charge is -2.06. The zero-order valence-electron chi connectivity index (χ0n) is 10.7. The fraction of sp³-hybridized carbons (Fsp3) is 0.214. The molecule has 0 saturated heterocycles. The minimum atomic E-state index is 0.487. The lowest BCUT2D eigenvalue weighted by Crippen LogP contribution is -1.98. The van der Waals surface area contributed by atoms with Gasteiger partial charge in [-0.05, 0) is 30.0 Å². The second kappa shape index (κ2) is 4.93. The van der Waals surface area contributed by atoms with Crippen molar-refractivity contribution in [2.24, 2.45) is 0 Å². The lowest BCUT2D eigenvalue weighted by molar-refractivity contribution is 0.320. The summed E-state index contributed by atoms with van der Waals surface area (Å²) in [7, 11) is 0. The molecule has 98 valence electrons. The van der Waals surface area contributed by atoms with Crippen LogP contribution in [0.2, 0.25) is 0 Å². The number of anilines is 1. The molecule has 0 saturated carbocycles. The van der Waals surface area contributed by atoms with Crippen molar-refractivity contribution >= 4 is 28.3 Å². The number of thiophene rings is 1. The molecule has 5 heteroatoms. The van der Waals surface area contributed by atoms with Gasteiger partial charge in [0.15, 0.2) is 0 Å². The molecular formula is C14H15N3OS. The van der Waals surface area contributed by atoms with Gasteiger partial charge in [0.1, 0.15) is 11.3 Å². The Morgan fingerprint density at radius 2 is 2.26 bits per heavy atom. The number of fused-ring (bicyclic) bond motifs is 1. The van der Waals surface area contributed by atoms with Crippen LogP contribution in [0.3, 0.4) is 0 Å². The normalized spacial score (nSPS) is 11.0. The third-order valence-electron chi connectivity index (χ3n) is 2.90. The van der Waals surface area contributed by atoms with E-state index in [0.717, 1.165) is 28.9 Å². The number of ether oxygens (including phenoxy) is 1. The molecule has 0 bridgehead atoms. The van der Waals surface area contributed by atoms with Gasteiger partial charge in [-0.1, -0.05) is 13.0 Å². The van der Waals surface area contributed by atoms with Gasteiger partial charge in [0.25, 0.3) is 0 Å². The van der Waals surface area contributed by atoms with Crippen LogP contribution in [0.15, 0.2) is 35.0 Å². The van der Waals surface area contributed by atoms with Gasteiger partial charge >= 0.3 is 0 Å². The van der Waals surface area contributed by atoms with Crippen LogP contribution in [-0.2, 0) is 0 Å². The van der Waals surface area contributed by atoms with E-state index in [1.807, 2.05) is 34.2 Å². The molecule has 2 N–H and O–H groups in total. The van der Waals surface area contributed by atoms with Gasteiger partial charge in [-0.3, -0.25) is 4.57 Å². The van der Waals surface area contributed by atoms with Gasteiger partial charge in [-0.15, -0.1) is 0 Å². The first-order valence-corrected chi connectivity index (χ1v) is 7.18. The number of hydrogen-bond donors (Lipinski definition) is 1. The topological polar surface area (TPSA) is 53.1 Å². The SMILES string of the molecule is CCCOc1cccc2c1nc(N)n2-c1ccsc1. The summed E-state index contributed by atoms with van der Waals surface area (Å²) in [5.41, 5.74) is 8.88. The van der Waals surface area contributed by atoms with Crippen LogP contribution in [0.4, 0.5) is 5.95 Å². The molecule has 19 heavy (non-hydrogen) atoms. The monoisotopic (exact) mass is 273 g/mol. The van der Waals surface area contributed by atoms with E-state index < -0.39 is 0 Å². The van der Waals surface area contributed by atoms with Crippen LogP contribution >= 0.6 is 11.3 Å². The first kappa shape index (κ1) is 12.0. The predicted octanol–water partition coefficient (Wildman–Crippen LogP) is 3.46. The third kappa shape index (κ3) is 2.06. The Labute approximate surface area is 115 Å². The standard InChI is InChI=1S/C14H15N3OS/c1-2-7-18-12-5-3-4-11-13(12)16-14(15)17(11)10-6-8-19-9-10/h3-6,8-9H,2,7H2,1H3,(H2,15,16). The van der Waals surface area contributed by atoms with Gasteiger partial charge in [0, 0.05) is 5.38 Å². The van der Waals surface area contributed by atoms with Crippen molar-refractivity contribution in [2.75, 3.05) is 12.3 Å². The fourth-order valence-corrected chi connectivity index (χ4v) is 2.70. The molecule has 0 unspecified atom stereocenters. The highest BCUT2D eigenvalue weighted by Crippen LogP contribution is 2.30. The molecular weight excluding hydrogens is 258 g/mol. The summed E-state index contributed by atoms with van der Waals surface area (Å²) in [4.78, 5) is 4.44. The van der Waals surface area contributed by atoms with Gasteiger partial charge in [0.2, 0.25) is 5.95 Å². The first-order chi connectivity index (χ1) is 9.31. The number of rotatable bonds is 4. The van der Waals surface area contributed by atoms with E-state index in [1.54, 1.807) is 11.3 Å². The number of nitrogens with two attached hydrogens (primary N) is 1. The third-order valence-corrected chi connectivity index (χ3v) is 3.57. The van der Waals surface area contributed by atoms with Crippen molar-refractivity contribution in [3.63, 3.8) is 0 Å². The molecule has 0 atom stereocenters. The van der Waals surface area contributed by atoms with E-state index in [-0.39, 0.29) is 0 Å². The zero-order valence-corrected chi connectivity index (χ0v) is 11.5. The van der Waals surface area contributed by atoms with Gasteiger partial charge < -0.3 is 10.5 Å². The van der Waals surface area contributed by atoms with Gasteiger partial charge in [-0.2, -0.15) is 11.3 Å². The molecule has 0 spiro atoms. The van der Waals surface area contributed by atoms with Gasteiger partial charge in [0.05, 0.1) is 17.8 Å². The average molecular weight is 273 g/mol. The molecule has 0 fully saturated rings. The zero-order chi connectivity index (χ0) is 13.2. The summed E-state index contributed by atoms with van der Waals surface area (Å²) in [5, 5.41) is 4.08. The molecule has 2 aromatic heterocycles. The Morgan fingerprint density at radius 3 is 3.00 bits per heavy atom. The van der Waals surface area contributed by atoms with Crippen LogP contribution in [0.5, 0.6) is 5.75 Å². The molecule has 0 amide bonds.